The highest BCUT2D eigenvalue weighted by Crippen LogP contribution is 2.39. The van der Waals surface area contributed by atoms with E-state index in [0.29, 0.717) is 31.3 Å². The normalized spacial score (nSPS) is 10.6. The predicted molar refractivity (Wildman–Crippen MR) is 74.7 cm³/mol. The molecule has 0 spiro atoms. The largest absolute Gasteiger partial charge is 0.224 e. The number of rotatable bonds is 1. The molecule has 1 nitrogen and oxygen atoms in total. The summed E-state index contributed by atoms with van der Waals surface area (Å²) in [6.45, 7) is 0. The van der Waals surface area contributed by atoms with E-state index >= 15 is 0 Å². The van der Waals surface area contributed by atoms with Crippen molar-refractivity contribution >= 4 is 58.0 Å². The van der Waals surface area contributed by atoms with Crippen LogP contribution >= 0.6 is 58.0 Å². The predicted octanol–water partition coefficient (Wildman–Crippen LogP) is 6.02. The van der Waals surface area contributed by atoms with Gasteiger partial charge in [0, 0.05) is 16.1 Å². The van der Waals surface area contributed by atoms with Crippen molar-refractivity contribution < 1.29 is 0 Å². The summed E-state index contributed by atoms with van der Waals surface area (Å²) in [6.07, 6.45) is 0. The molecule has 1 heterocycles. The summed E-state index contributed by atoms with van der Waals surface area (Å²) in [6, 6.07) is 6.57. The van der Waals surface area contributed by atoms with Crippen LogP contribution in [-0.4, -0.2) is 4.98 Å². The second-order valence-corrected chi connectivity index (χ2v) is 5.19. The van der Waals surface area contributed by atoms with Gasteiger partial charge < -0.3 is 0 Å². The summed E-state index contributed by atoms with van der Waals surface area (Å²) in [5, 5.41) is 1.77. The minimum Gasteiger partial charge on any atom is -0.224 e. The van der Waals surface area contributed by atoms with Gasteiger partial charge in [-0.05, 0) is 24.3 Å². The molecule has 0 amide bonds. The van der Waals surface area contributed by atoms with Crippen molar-refractivity contribution in [1.29, 1.82) is 0 Å². The van der Waals surface area contributed by atoms with E-state index in [4.69, 9.17) is 58.0 Å². The number of hydrogen-bond donors (Lipinski definition) is 0. The molecule has 0 aliphatic heterocycles. The molecule has 17 heavy (non-hydrogen) atoms. The molecule has 0 bridgehead atoms. The smallest absolute Gasteiger partial charge is 0.138 e. The number of benzene rings is 1. The third-order valence-corrected chi connectivity index (χ3v) is 3.62. The van der Waals surface area contributed by atoms with Crippen molar-refractivity contribution in [2.45, 2.75) is 0 Å². The molecule has 1 aromatic carbocycles. The summed E-state index contributed by atoms with van der Waals surface area (Å²) < 4.78 is 0. The lowest BCUT2D eigenvalue weighted by Gasteiger charge is -2.08. The van der Waals surface area contributed by atoms with Crippen LogP contribution in [0.1, 0.15) is 0 Å². The van der Waals surface area contributed by atoms with Crippen LogP contribution in [0.3, 0.4) is 0 Å². The van der Waals surface area contributed by atoms with Crippen molar-refractivity contribution in [1.82, 2.24) is 4.98 Å². The molecule has 1 aromatic heterocycles. The number of hydrogen-bond acceptors (Lipinski definition) is 1. The van der Waals surface area contributed by atoms with Gasteiger partial charge in [0.25, 0.3) is 0 Å². The molecule has 0 atom stereocenters. The molecule has 0 saturated heterocycles. The van der Waals surface area contributed by atoms with Gasteiger partial charge in [-0.1, -0.05) is 58.0 Å². The lowest BCUT2D eigenvalue weighted by Crippen LogP contribution is -1.86. The van der Waals surface area contributed by atoms with Crippen LogP contribution in [0.5, 0.6) is 0 Å². The zero-order valence-corrected chi connectivity index (χ0v) is 11.9. The first kappa shape index (κ1) is 13.3. The van der Waals surface area contributed by atoms with Crippen LogP contribution < -0.4 is 0 Å². The van der Waals surface area contributed by atoms with Crippen LogP contribution in [-0.2, 0) is 0 Å². The van der Waals surface area contributed by atoms with Gasteiger partial charge in [0.15, 0.2) is 0 Å². The zero-order valence-electron chi connectivity index (χ0n) is 8.15. The van der Waals surface area contributed by atoms with Crippen molar-refractivity contribution in [2.24, 2.45) is 0 Å². The standard InChI is InChI=1S/C11H4Cl5N/c12-5-3-7(10(15)8(13)4-5)6-1-2-9(14)17-11(6)16/h1-4H. The monoisotopic (exact) mass is 325 g/mol. The Morgan fingerprint density at radius 2 is 1.53 bits per heavy atom. The van der Waals surface area contributed by atoms with E-state index in [1.807, 2.05) is 0 Å². The van der Waals surface area contributed by atoms with E-state index in [9.17, 15) is 0 Å². The van der Waals surface area contributed by atoms with Crippen LogP contribution in [0, 0.1) is 0 Å². The van der Waals surface area contributed by atoms with Gasteiger partial charge in [0.2, 0.25) is 0 Å². The van der Waals surface area contributed by atoms with Crippen molar-refractivity contribution in [3.63, 3.8) is 0 Å². The molecule has 0 aliphatic rings. The van der Waals surface area contributed by atoms with Gasteiger partial charge in [-0.2, -0.15) is 0 Å². The molecule has 2 aromatic rings. The molecule has 88 valence electrons. The quantitative estimate of drug-likeness (QED) is 0.461. The Kier molecular flexibility index (Phi) is 4.06. The fourth-order valence-electron chi connectivity index (χ4n) is 1.37. The highest BCUT2D eigenvalue weighted by atomic mass is 35.5. The number of nitrogens with zero attached hydrogens (tertiary/aromatic N) is 1. The SMILES string of the molecule is Clc1cc(Cl)c(Cl)c(-c2ccc(Cl)nc2Cl)c1. The molecule has 0 aliphatic carbocycles. The van der Waals surface area contributed by atoms with Crippen LogP contribution in [0.15, 0.2) is 24.3 Å². The maximum Gasteiger partial charge on any atom is 0.138 e. The summed E-state index contributed by atoms with van der Waals surface area (Å²) in [5.74, 6) is 0. The minimum absolute atomic E-state index is 0.248. The lowest BCUT2D eigenvalue weighted by molar-refractivity contribution is 1.33. The van der Waals surface area contributed by atoms with Crippen LogP contribution in [0.2, 0.25) is 25.4 Å². The first-order valence-electron chi connectivity index (χ1n) is 4.46. The molecular weight excluding hydrogens is 323 g/mol. The average Bonchev–Trinajstić information content (AvgIpc) is 2.24. The second kappa shape index (κ2) is 5.21. The van der Waals surface area contributed by atoms with Gasteiger partial charge >= 0.3 is 0 Å². The first-order valence-corrected chi connectivity index (χ1v) is 6.35. The maximum atomic E-state index is 6.10. The molecule has 6 heteroatoms. The van der Waals surface area contributed by atoms with E-state index in [1.165, 1.54) is 0 Å². The zero-order chi connectivity index (χ0) is 12.6. The maximum absolute atomic E-state index is 6.10. The van der Waals surface area contributed by atoms with E-state index in [2.05, 4.69) is 4.98 Å². The molecule has 0 fully saturated rings. The summed E-state index contributed by atoms with van der Waals surface area (Å²) in [4.78, 5) is 3.94. The van der Waals surface area contributed by atoms with Crippen LogP contribution in [0.4, 0.5) is 0 Å². The average molecular weight is 327 g/mol. The van der Waals surface area contributed by atoms with Crippen molar-refractivity contribution in [3.05, 3.63) is 49.6 Å². The fourth-order valence-corrected chi connectivity index (χ4v) is 2.52. The summed E-state index contributed by atoms with van der Waals surface area (Å²) in [5.41, 5.74) is 1.25. The first-order chi connectivity index (χ1) is 7.99. The van der Waals surface area contributed by atoms with Crippen molar-refractivity contribution in [2.75, 3.05) is 0 Å². The Hall–Kier alpha value is -0.180. The molecule has 0 unspecified atom stereocenters. The van der Waals surface area contributed by atoms with Gasteiger partial charge in [-0.15, -0.1) is 0 Å². The lowest BCUT2D eigenvalue weighted by atomic mass is 10.1. The highest BCUT2D eigenvalue weighted by molar-refractivity contribution is 6.45. The Labute approximate surface area is 123 Å². The highest BCUT2D eigenvalue weighted by Gasteiger charge is 2.13. The molecule has 0 N–H and O–H groups in total. The third kappa shape index (κ3) is 2.81. The Bertz CT molecular complexity index is 582. The van der Waals surface area contributed by atoms with Gasteiger partial charge in [-0.25, -0.2) is 4.98 Å². The Morgan fingerprint density at radius 3 is 2.18 bits per heavy atom. The number of halogens is 5. The van der Waals surface area contributed by atoms with E-state index in [1.54, 1.807) is 24.3 Å². The number of pyridine rings is 1. The van der Waals surface area contributed by atoms with E-state index in [-0.39, 0.29) is 5.15 Å². The van der Waals surface area contributed by atoms with E-state index in [0.717, 1.165) is 0 Å². The van der Waals surface area contributed by atoms with Gasteiger partial charge in [0.05, 0.1) is 10.0 Å². The van der Waals surface area contributed by atoms with Crippen molar-refractivity contribution in [3.8, 4) is 11.1 Å². The molecular formula is C11H4Cl5N. The summed E-state index contributed by atoms with van der Waals surface area (Å²) >= 11 is 29.7. The van der Waals surface area contributed by atoms with Crippen LogP contribution in [0.25, 0.3) is 11.1 Å². The molecule has 0 saturated carbocycles. The Balaban J connectivity index is 2.68. The third-order valence-electron chi connectivity index (χ3n) is 2.10. The summed E-state index contributed by atoms with van der Waals surface area (Å²) in [7, 11) is 0. The van der Waals surface area contributed by atoms with Gasteiger partial charge in [0.1, 0.15) is 10.3 Å². The Morgan fingerprint density at radius 1 is 0.824 bits per heavy atom. The molecule has 2 rings (SSSR count). The number of aromatic nitrogens is 1. The van der Waals surface area contributed by atoms with Gasteiger partial charge in [-0.3, -0.25) is 0 Å². The molecule has 0 radical (unpaired) electrons. The topological polar surface area (TPSA) is 12.9 Å². The minimum atomic E-state index is 0.248. The fraction of sp³-hybridized carbons (Fsp3) is 0. The van der Waals surface area contributed by atoms with E-state index < -0.39 is 0 Å². The second-order valence-electron chi connectivity index (χ2n) is 3.22.